The van der Waals surface area contributed by atoms with Gasteiger partial charge in [0.05, 0.1) is 6.10 Å². The van der Waals surface area contributed by atoms with Gasteiger partial charge in [-0.2, -0.15) is 0 Å². The predicted molar refractivity (Wildman–Crippen MR) is 81.2 cm³/mol. The Kier molecular flexibility index (Phi) is 4.04. The van der Waals surface area contributed by atoms with Crippen molar-refractivity contribution in [1.29, 1.82) is 0 Å². The largest absolute Gasteiger partial charge is 0.388 e. The van der Waals surface area contributed by atoms with E-state index in [1.54, 1.807) is 7.11 Å². The molecular weight excluding hydrogens is 252 g/mol. The third-order valence-electron chi connectivity index (χ3n) is 4.53. The Hall–Kier alpha value is -1.55. The first kappa shape index (κ1) is 14.9. The molecule has 4 nitrogen and oxygen atoms in total. The number of aryl methyl sites for hydroxylation is 1. The minimum absolute atomic E-state index is 0.00955. The van der Waals surface area contributed by atoms with Crippen LogP contribution in [0.5, 0.6) is 0 Å². The zero-order chi connectivity index (χ0) is 14.9. The summed E-state index contributed by atoms with van der Waals surface area (Å²) < 4.78 is 5.41. The average Bonchev–Trinajstić information content (AvgIpc) is 2.42. The molecule has 4 heteroatoms. The smallest absolute Gasteiger partial charge is 0.251 e. The summed E-state index contributed by atoms with van der Waals surface area (Å²) in [4.78, 5) is 12.3. The Morgan fingerprint density at radius 2 is 2.10 bits per heavy atom. The summed E-state index contributed by atoms with van der Waals surface area (Å²) >= 11 is 0. The molecule has 0 heterocycles. The molecule has 2 N–H and O–H groups in total. The zero-order valence-electron chi connectivity index (χ0n) is 12.9. The van der Waals surface area contributed by atoms with E-state index in [4.69, 9.17) is 4.74 Å². The van der Waals surface area contributed by atoms with Gasteiger partial charge >= 0.3 is 0 Å². The van der Waals surface area contributed by atoms with Gasteiger partial charge in [0, 0.05) is 36.9 Å². The fourth-order valence-corrected chi connectivity index (χ4v) is 2.86. The van der Waals surface area contributed by atoms with Crippen molar-refractivity contribution in [2.45, 2.75) is 39.3 Å². The molecule has 0 aliphatic heterocycles. The molecule has 1 aromatic rings. The molecule has 110 valence electrons. The van der Waals surface area contributed by atoms with E-state index in [1.165, 1.54) is 0 Å². The fourth-order valence-electron chi connectivity index (χ4n) is 2.86. The maximum Gasteiger partial charge on any atom is 0.251 e. The molecule has 0 radical (unpaired) electrons. The van der Waals surface area contributed by atoms with Crippen LogP contribution in [0, 0.1) is 12.3 Å². The highest BCUT2D eigenvalue weighted by Gasteiger charge is 2.49. The van der Waals surface area contributed by atoms with Crippen LogP contribution in [0.25, 0.3) is 0 Å². The van der Waals surface area contributed by atoms with Crippen molar-refractivity contribution in [3.8, 4) is 0 Å². The summed E-state index contributed by atoms with van der Waals surface area (Å²) in [6, 6.07) is 5.88. The number of anilines is 1. The van der Waals surface area contributed by atoms with Gasteiger partial charge in [-0.05, 0) is 37.1 Å². The highest BCUT2D eigenvalue weighted by atomic mass is 16.5. The lowest BCUT2D eigenvalue weighted by Gasteiger charge is -2.51. The second-order valence-electron chi connectivity index (χ2n) is 6.09. The fraction of sp³-hybridized carbons (Fsp3) is 0.562. The number of carbonyl (C=O) groups excluding carboxylic acids is 1. The van der Waals surface area contributed by atoms with Gasteiger partial charge in [0.25, 0.3) is 5.91 Å². The van der Waals surface area contributed by atoms with E-state index < -0.39 is 0 Å². The van der Waals surface area contributed by atoms with Crippen LogP contribution in [0.2, 0.25) is 0 Å². The first-order chi connectivity index (χ1) is 9.40. The van der Waals surface area contributed by atoms with E-state index in [-0.39, 0.29) is 23.5 Å². The van der Waals surface area contributed by atoms with Gasteiger partial charge in [-0.15, -0.1) is 0 Å². The number of ether oxygens (including phenoxy) is 1. The molecular formula is C16H24N2O2. The van der Waals surface area contributed by atoms with Crippen LogP contribution in [0.3, 0.4) is 0 Å². The Bertz CT molecular complexity index is 511. The van der Waals surface area contributed by atoms with Crippen LogP contribution >= 0.6 is 0 Å². The molecule has 2 atom stereocenters. The number of benzene rings is 1. The average molecular weight is 276 g/mol. The first-order valence-electron chi connectivity index (χ1n) is 7.02. The minimum atomic E-state index is -0.0108. The van der Waals surface area contributed by atoms with Crippen LogP contribution < -0.4 is 10.6 Å². The van der Waals surface area contributed by atoms with Crippen molar-refractivity contribution in [2.75, 3.05) is 19.5 Å². The molecule has 0 spiro atoms. The van der Waals surface area contributed by atoms with Crippen molar-refractivity contribution in [1.82, 2.24) is 5.32 Å². The molecule has 1 fully saturated rings. The van der Waals surface area contributed by atoms with E-state index in [2.05, 4.69) is 24.5 Å². The summed E-state index contributed by atoms with van der Waals surface area (Å²) in [6.45, 7) is 6.26. The molecule has 2 rings (SSSR count). The third-order valence-corrected chi connectivity index (χ3v) is 4.53. The van der Waals surface area contributed by atoms with Gasteiger partial charge in [0.1, 0.15) is 0 Å². The number of nitrogens with one attached hydrogen (secondary N) is 2. The van der Waals surface area contributed by atoms with Crippen molar-refractivity contribution in [3.05, 3.63) is 29.3 Å². The number of methoxy groups -OCH3 is 1. The van der Waals surface area contributed by atoms with Crippen molar-refractivity contribution in [2.24, 2.45) is 5.41 Å². The summed E-state index contributed by atoms with van der Waals surface area (Å²) in [7, 11) is 3.61. The van der Waals surface area contributed by atoms with Crippen molar-refractivity contribution >= 4 is 11.6 Å². The van der Waals surface area contributed by atoms with Crippen LogP contribution in [-0.2, 0) is 4.74 Å². The maximum atomic E-state index is 12.3. The molecule has 0 bridgehead atoms. The van der Waals surface area contributed by atoms with E-state index in [9.17, 15) is 4.79 Å². The van der Waals surface area contributed by atoms with E-state index in [0.717, 1.165) is 17.7 Å². The first-order valence-corrected chi connectivity index (χ1v) is 7.02. The van der Waals surface area contributed by atoms with Gasteiger partial charge in [-0.25, -0.2) is 0 Å². The lowest BCUT2D eigenvalue weighted by atomic mass is 9.64. The summed E-state index contributed by atoms with van der Waals surface area (Å²) in [5.74, 6) is -0.0108. The summed E-state index contributed by atoms with van der Waals surface area (Å²) in [5.41, 5.74) is 2.82. The molecule has 1 aliphatic carbocycles. The molecule has 20 heavy (non-hydrogen) atoms. The van der Waals surface area contributed by atoms with E-state index >= 15 is 0 Å². The number of hydrogen-bond donors (Lipinski definition) is 2. The van der Waals surface area contributed by atoms with Crippen molar-refractivity contribution in [3.63, 3.8) is 0 Å². The topological polar surface area (TPSA) is 50.4 Å². The monoisotopic (exact) mass is 276 g/mol. The number of amides is 1. The minimum Gasteiger partial charge on any atom is -0.388 e. The van der Waals surface area contributed by atoms with Gasteiger partial charge in [-0.3, -0.25) is 4.79 Å². The Balaban J connectivity index is 2.05. The standard InChI is InChI=1S/C16H24N2O2/c1-10-8-11(6-7-12(10)17-4)15(19)18-13-9-14(20-5)16(13,2)3/h6-8,13-14,17H,9H2,1-5H3,(H,18,19). The Labute approximate surface area is 120 Å². The summed E-state index contributed by atoms with van der Waals surface area (Å²) in [6.07, 6.45) is 1.10. The quantitative estimate of drug-likeness (QED) is 0.888. The molecule has 1 saturated carbocycles. The Morgan fingerprint density at radius 3 is 2.60 bits per heavy atom. The van der Waals surface area contributed by atoms with Gasteiger partial charge < -0.3 is 15.4 Å². The van der Waals surface area contributed by atoms with Crippen LogP contribution in [0.1, 0.15) is 36.2 Å². The molecule has 1 aromatic carbocycles. The highest BCUT2D eigenvalue weighted by molar-refractivity contribution is 5.95. The lowest BCUT2D eigenvalue weighted by molar-refractivity contribution is -0.0942. The highest BCUT2D eigenvalue weighted by Crippen LogP contribution is 2.42. The van der Waals surface area contributed by atoms with E-state index in [0.29, 0.717) is 5.56 Å². The second kappa shape index (κ2) is 5.44. The third kappa shape index (κ3) is 2.52. The number of carbonyl (C=O) groups is 1. The van der Waals surface area contributed by atoms with Gasteiger partial charge in [0.15, 0.2) is 0 Å². The number of rotatable bonds is 4. The van der Waals surface area contributed by atoms with Crippen LogP contribution in [-0.4, -0.2) is 32.2 Å². The van der Waals surface area contributed by atoms with Crippen LogP contribution in [0.15, 0.2) is 18.2 Å². The molecule has 1 aliphatic rings. The SMILES string of the molecule is CNc1ccc(C(=O)NC2CC(OC)C2(C)C)cc1C. The van der Waals surface area contributed by atoms with E-state index in [1.807, 2.05) is 32.2 Å². The van der Waals surface area contributed by atoms with Gasteiger partial charge in [0.2, 0.25) is 0 Å². The summed E-state index contributed by atoms with van der Waals surface area (Å²) in [5, 5.41) is 6.22. The normalized spacial score (nSPS) is 23.9. The molecule has 0 saturated heterocycles. The Morgan fingerprint density at radius 1 is 1.40 bits per heavy atom. The zero-order valence-corrected chi connectivity index (χ0v) is 12.9. The molecule has 0 aromatic heterocycles. The van der Waals surface area contributed by atoms with Crippen molar-refractivity contribution < 1.29 is 9.53 Å². The maximum absolute atomic E-state index is 12.3. The van der Waals surface area contributed by atoms with Gasteiger partial charge in [-0.1, -0.05) is 13.8 Å². The molecule has 2 unspecified atom stereocenters. The second-order valence-corrected chi connectivity index (χ2v) is 6.09. The predicted octanol–water partition coefficient (Wildman–Crippen LogP) is 2.58. The van der Waals surface area contributed by atoms with Crippen LogP contribution in [0.4, 0.5) is 5.69 Å². The number of hydrogen-bond acceptors (Lipinski definition) is 3. The molecule has 1 amide bonds. The lowest BCUT2D eigenvalue weighted by Crippen LogP contribution is -2.61.